The Kier molecular flexibility index (Phi) is 3.05. The van der Waals surface area contributed by atoms with Gasteiger partial charge < -0.3 is 10.2 Å². The van der Waals surface area contributed by atoms with Crippen LogP contribution in [0.4, 0.5) is 11.4 Å². The average Bonchev–Trinajstić information content (AvgIpc) is 2.47. The van der Waals surface area contributed by atoms with Crippen LogP contribution in [0.3, 0.4) is 0 Å². The zero-order chi connectivity index (χ0) is 13.9. The molecular formula is C15H12N4O. The molecule has 1 aromatic heterocycles. The van der Waals surface area contributed by atoms with E-state index in [4.69, 9.17) is 5.26 Å². The summed E-state index contributed by atoms with van der Waals surface area (Å²) in [4.78, 5) is 17.7. The van der Waals surface area contributed by atoms with Gasteiger partial charge in [-0.15, -0.1) is 0 Å². The first-order valence-corrected chi connectivity index (χ1v) is 6.25. The fraction of sp³-hybridized carbons (Fsp3) is 0.133. The number of hydrogen-bond donors (Lipinski definition) is 1. The summed E-state index contributed by atoms with van der Waals surface area (Å²) >= 11 is 0. The van der Waals surface area contributed by atoms with E-state index >= 15 is 0 Å². The zero-order valence-corrected chi connectivity index (χ0v) is 10.7. The molecule has 98 valence electrons. The molecule has 3 rings (SSSR count). The summed E-state index contributed by atoms with van der Waals surface area (Å²) < 4.78 is 0. The van der Waals surface area contributed by atoms with Gasteiger partial charge in [-0.1, -0.05) is 12.1 Å². The van der Waals surface area contributed by atoms with Crippen molar-refractivity contribution in [2.45, 2.75) is 6.54 Å². The maximum Gasteiger partial charge on any atom is 0.243 e. The number of anilines is 2. The highest BCUT2D eigenvalue weighted by Gasteiger charge is 2.21. The molecule has 1 aromatic carbocycles. The lowest BCUT2D eigenvalue weighted by atomic mass is 10.1. The van der Waals surface area contributed by atoms with Crippen LogP contribution in [-0.4, -0.2) is 17.4 Å². The number of carbonyl (C=O) groups is 1. The second kappa shape index (κ2) is 5.02. The highest BCUT2D eigenvalue weighted by molar-refractivity contribution is 6.01. The van der Waals surface area contributed by atoms with Gasteiger partial charge in [0.05, 0.1) is 17.9 Å². The van der Waals surface area contributed by atoms with E-state index in [1.165, 1.54) is 0 Å². The number of para-hydroxylation sites is 2. The predicted octanol–water partition coefficient (Wildman–Crippen LogP) is 1.91. The number of fused-ring (bicyclic) bond motifs is 1. The van der Waals surface area contributed by atoms with Crippen molar-refractivity contribution < 1.29 is 4.79 Å². The van der Waals surface area contributed by atoms with Crippen molar-refractivity contribution >= 4 is 17.3 Å². The van der Waals surface area contributed by atoms with Crippen molar-refractivity contribution in [2.24, 2.45) is 0 Å². The quantitative estimate of drug-likeness (QED) is 0.899. The van der Waals surface area contributed by atoms with Crippen molar-refractivity contribution in [1.82, 2.24) is 4.98 Å². The van der Waals surface area contributed by atoms with E-state index in [1.54, 1.807) is 12.3 Å². The second-order valence-electron chi connectivity index (χ2n) is 4.58. The molecule has 5 heteroatoms. The van der Waals surface area contributed by atoms with E-state index in [0.717, 1.165) is 16.9 Å². The summed E-state index contributed by atoms with van der Waals surface area (Å²) in [6.45, 7) is 0.878. The largest absolute Gasteiger partial charge is 0.356 e. The highest BCUT2D eigenvalue weighted by Crippen LogP contribution is 2.29. The van der Waals surface area contributed by atoms with Gasteiger partial charge in [-0.05, 0) is 29.8 Å². The lowest BCUT2D eigenvalue weighted by molar-refractivity contribution is -0.115. The molecule has 0 aliphatic carbocycles. The van der Waals surface area contributed by atoms with E-state index in [9.17, 15) is 4.79 Å². The van der Waals surface area contributed by atoms with Crippen LogP contribution >= 0.6 is 0 Å². The van der Waals surface area contributed by atoms with Crippen LogP contribution in [0.1, 0.15) is 11.3 Å². The van der Waals surface area contributed by atoms with Crippen molar-refractivity contribution in [2.75, 3.05) is 16.8 Å². The maximum absolute atomic E-state index is 11.7. The third-order valence-corrected chi connectivity index (χ3v) is 3.17. The molecule has 20 heavy (non-hydrogen) atoms. The minimum Gasteiger partial charge on any atom is -0.356 e. The maximum atomic E-state index is 11.7. The topological polar surface area (TPSA) is 69.0 Å². The molecule has 0 radical (unpaired) electrons. The Labute approximate surface area is 116 Å². The van der Waals surface area contributed by atoms with Gasteiger partial charge in [-0.25, -0.2) is 4.98 Å². The first-order valence-electron chi connectivity index (χ1n) is 6.25. The van der Waals surface area contributed by atoms with Crippen LogP contribution in [0.15, 0.2) is 42.6 Å². The predicted molar refractivity (Wildman–Crippen MR) is 75.1 cm³/mol. The molecule has 0 saturated carbocycles. The number of rotatable bonds is 2. The van der Waals surface area contributed by atoms with Gasteiger partial charge in [0.1, 0.15) is 11.8 Å². The van der Waals surface area contributed by atoms with Crippen LogP contribution < -0.4 is 10.2 Å². The van der Waals surface area contributed by atoms with Gasteiger partial charge in [0.2, 0.25) is 5.91 Å². The summed E-state index contributed by atoms with van der Waals surface area (Å²) in [7, 11) is 0. The van der Waals surface area contributed by atoms with Crippen LogP contribution in [-0.2, 0) is 11.3 Å². The minimum atomic E-state index is -0.0294. The average molecular weight is 264 g/mol. The van der Waals surface area contributed by atoms with Crippen molar-refractivity contribution in [3.05, 3.63) is 53.9 Å². The summed E-state index contributed by atoms with van der Waals surface area (Å²) in [5.74, 6) is -0.0294. The van der Waals surface area contributed by atoms with Crippen molar-refractivity contribution in [3.8, 4) is 6.07 Å². The molecule has 1 aliphatic heterocycles. The zero-order valence-electron chi connectivity index (χ0n) is 10.7. The summed E-state index contributed by atoms with van der Waals surface area (Å²) in [5.41, 5.74) is 3.15. The monoisotopic (exact) mass is 264 g/mol. The van der Waals surface area contributed by atoms with Crippen LogP contribution in [0.5, 0.6) is 0 Å². The summed E-state index contributed by atoms with van der Waals surface area (Å²) in [6.07, 6.45) is 1.61. The second-order valence-corrected chi connectivity index (χ2v) is 4.58. The molecule has 0 atom stereocenters. The molecular weight excluding hydrogens is 252 g/mol. The molecule has 0 spiro atoms. The Morgan fingerprint density at radius 2 is 2.20 bits per heavy atom. The Hall–Kier alpha value is -2.87. The fourth-order valence-corrected chi connectivity index (χ4v) is 2.30. The van der Waals surface area contributed by atoms with Crippen LogP contribution in [0.25, 0.3) is 0 Å². The van der Waals surface area contributed by atoms with Gasteiger partial charge >= 0.3 is 0 Å². The molecule has 5 nitrogen and oxygen atoms in total. The Morgan fingerprint density at radius 1 is 1.35 bits per heavy atom. The Morgan fingerprint density at radius 3 is 3.05 bits per heavy atom. The molecule has 1 amide bonds. The van der Waals surface area contributed by atoms with E-state index in [1.807, 2.05) is 41.3 Å². The van der Waals surface area contributed by atoms with Gasteiger partial charge in [-0.2, -0.15) is 5.26 Å². The van der Waals surface area contributed by atoms with E-state index in [-0.39, 0.29) is 5.91 Å². The third kappa shape index (κ3) is 2.31. The van der Waals surface area contributed by atoms with Crippen molar-refractivity contribution in [3.63, 3.8) is 0 Å². The molecule has 0 bridgehead atoms. The number of amides is 1. The minimum absolute atomic E-state index is 0.0294. The van der Waals surface area contributed by atoms with E-state index in [2.05, 4.69) is 10.3 Å². The molecule has 0 saturated heterocycles. The van der Waals surface area contributed by atoms with Gasteiger partial charge in [0.15, 0.2) is 0 Å². The number of nitrogens with one attached hydrogen (secondary N) is 1. The number of nitrogens with zero attached hydrogens (tertiary/aromatic N) is 3. The Bertz CT molecular complexity index is 705. The Balaban J connectivity index is 1.91. The first-order chi connectivity index (χ1) is 9.76. The van der Waals surface area contributed by atoms with Crippen LogP contribution in [0.2, 0.25) is 0 Å². The number of carbonyl (C=O) groups excluding carboxylic acids is 1. The number of nitriles is 1. The summed E-state index contributed by atoms with van der Waals surface area (Å²) in [6, 6.07) is 13.3. The highest BCUT2D eigenvalue weighted by atomic mass is 16.2. The number of pyridine rings is 1. The number of aromatic nitrogens is 1. The van der Waals surface area contributed by atoms with Crippen molar-refractivity contribution in [1.29, 1.82) is 5.26 Å². The number of benzene rings is 1. The van der Waals surface area contributed by atoms with Crippen LogP contribution in [0, 0.1) is 11.3 Å². The van der Waals surface area contributed by atoms with E-state index < -0.39 is 0 Å². The van der Waals surface area contributed by atoms with Gasteiger partial charge in [0.25, 0.3) is 0 Å². The van der Waals surface area contributed by atoms with Gasteiger partial charge in [-0.3, -0.25) is 4.79 Å². The standard InChI is InChI=1S/C15H12N4O/c16-8-12-7-11(5-6-17-12)9-19-10-15(20)18-13-3-1-2-4-14(13)19/h1-7H,9-10H2,(H,18,20). The summed E-state index contributed by atoms with van der Waals surface area (Å²) in [5, 5.41) is 11.7. The number of hydrogen-bond acceptors (Lipinski definition) is 4. The van der Waals surface area contributed by atoms with E-state index in [0.29, 0.717) is 18.8 Å². The fourth-order valence-electron chi connectivity index (χ4n) is 2.30. The lowest BCUT2D eigenvalue weighted by Gasteiger charge is -2.30. The molecule has 2 heterocycles. The SMILES string of the molecule is N#Cc1cc(CN2CC(=O)Nc3ccccc32)ccn1. The van der Waals surface area contributed by atoms with Gasteiger partial charge in [0, 0.05) is 12.7 Å². The molecule has 0 fully saturated rings. The smallest absolute Gasteiger partial charge is 0.243 e. The normalized spacial score (nSPS) is 13.3. The molecule has 1 aliphatic rings. The molecule has 2 aromatic rings. The lowest BCUT2D eigenvalue weighted by Crippen LogP contribution is -2.37. The third-order valence-electron chi connectivity index (χ3n) is 3.17. The first kappa shape index (κ1) is 12.2. The molecule has 1 N–H and O–H groups in total. The molecule has 0 unspecified atom stereocenters.